The Labute approximate surface area is 126 Å². The number of nitriles is 1. The Morgan fingerprint density at radius 3 is 2.43 bits per heavy atom. The molecule has 0 atom stereocenters. The van der Waals surface area contributed by atoms with Gasteiger partial charge in [-0.05, 0) is 42.0 Å². The van der Waals surface area contributed by atoms with E-state index >= 15 is 0 Å². The number of sulfonamides is 1. The SMILES string of the molecule is N#Cc1ccc(S(=O)(=O)NCc2ccc(F)cc2Cl)cc1. The second kappa shape index (κ2) is 6.22. The van der Waals surface area contributed by atoms with Crippen LogP contribution in [-0.2, 0) is 16.6 Å². The molecule has 0 radical (unpaired) electrons. The summed E-state index contributed by atoms with van der Waals surface area (Å²) < 4.78 is 39.4. The number of nitrogens with zero attached hydrogens (tertiary/aromatic N) is 1. The van der Waals surface area contributed by atoms with Crippen molar-refractivity contribution in [3.63, 3.8) is 0 Å². The number of hydrogen-bond donors (Lipinski definition) is 1. The molecule has 0 bridgehead atoms. The number of rotatable bonds is 4. The van der Waals surface area contributed by atoms with Crippen LogP contribution in [0, 0.1) is 17.1 Å². The molecule has 2 aromatic carbocycles. The summed E-state index contributed by atoms with van der Waals surface area (Å²) in [7, 11) is -3.72. The Morgan fingerprint density at radius 2 is 1.86 bits per heavy atom. The Bertz CT molecular complexity index is 799. The van der Waals surface area contributed by atoms with Crippen LogP contribution in [0.5, 0.6) is 0 Å². The van der Waals surface area contributed by atoms with Gasteiger partial charge in [0.05, 0.1) is 16.5 Å². The van der Waals surface area contributed by atoms with E-state index in [9.17, 15) is 12.8 Å². The van der Waals surface area contributed by atoms with Gasteiger partial charge >= 0.3 is 0 Å². The van der Waals surface area contributed by atoms with Gasteiger partial charge in [-0.3, -0.25) is 0 Å². The predicted octanol–water partition coefficient (Wildman–Crippen LogP) is 2.83. The number of benzene rings is 2. The zero-order valence-electron chi connectivity index (χ0n) is 10.7. The van der Waals surface area contributed by atoms with Gasteiger partial charge in [-0.2, -0.15) is 5.26 Å². The van der Waals surface area contributed by atoms with Gasteiger partial charge < -0.3 is 0 Å². The maximum absolute atomic E-state index is 12.9. The van der Waals surface area contributed by atoms with Crippen molar-refractivity contribution in [2.75, 3.05) is 0 Å². The fraction of sp³-hybridized carbons (Fsp3) is 0.0714. The third-order valence-electron chi connectivity index (χ3n) is 2.76. The van der Waals surface area contributed by atoms with E-state index < -0.39 is 15.8 Å². The van der Waals surface area contributed by atoms with Gasteiger partial charge in [-0.25, -0.2) is 17.5 Å². The zero-order chi connectivity index (χ0) is 15.5. The minimum Gasteiger partial charge on any atom is -0.207 e. The molecule has 1 N–H and O–H groups in total. The number of halogens is 2. The molecule has 0 aliphatic heterocycles. The van der Waals surface area contributed by atoms with Crippen molar-refractivity contribution in [2.24, 2.45) is 0 Å². The van der Waals surface area contributed by atoms with E-state index in [1.54, 1.807) is 0 Å². The third-order valence-corrected chi connectivity index (χ3v) is 4.53. The van der Waals surface area contributed by atoms with Crippen molar-refractivity contribution in [2.45, 2.75) is 11.4 Å². The molecule has 0 saturated heterocycles. The molecule has 2 aromatic rings. The van der Waals surface area contributed by atoms with Crippen LogP contribution in [0.1, 0.15) is 11.1 Å². The molecule has 2 rings (SSSR count). The molecule has 0 unspecified atom stereocenters. The van der Waals surface area contributed by atoms with Gasteiger partial charge in [0, 0.05) is 11.6 Å². The van der Waals surface area contributed by atoms with Crippen LogP contribution in [0.3, 0.4) is 0 Å². The number of hydrogen-bond acceptors (Lipinski definition) is 3. The molecule has 4 nitrogen and oxygen atoms in total. The van der Waals surface area contributed by atoms with Gasteiger partial charge in [0.25, 0.3) is 0 Å². The smallest absolute Gasteiger partial charge is 0.207 e. The molecular formula is C14H10ClFN2O2S. The molecule has 21 heavy (non-hydrogen) atoms. The van der Waals surface area contributed by atoms with Crippen molar-refractivity contribution in [3.05, 3.63) is 64.4 Å². The number of nitrogens with one attached hydrogen (secondary N) is 1. The average molecular weight is 325 g/mol. The second-order valence-corrected chi connectivity index (χ2v) is 6.37. The van der Waals surface area contributed by atoms with Crippen LogP contribution in [0.25, 0.3) is 0 Å². The molecule has 0 amide bonds. The molecule has 0 fully saturated rings. The first-order valence-electron chi connectivity index (χ1n) is 5.86. The normalized spacial score (nSPS) is 11.1. The minimum atomic E-state index is -3.72. The summed E-state index contributed by atoms with van der Waals surface area (Å²) >= 11 is 5.83. The van der Waals surface area contributed by atoms with Crippen molar-refractivity contribution in [1.82, 2.24) is 4.72 Å². The summed E-state index contributed by atoms with van der Waals surface area (Å²) in [5.41, 5.74) is 0.839. The third kappa shape index (κ3) is 3.79. The van der Waals surface area contributed by atoms with Gasteiger partial charge in [-0.1, -0.05) is 17.7 Å². The lowest BCUT2D eigenvalue weighted by molar-refractivity contribution is 0.581. The largest absolute Gasteiger partial charge is 0.240 e. The lowest BCUT2D eigenvalue weighted by Gasteiger charge is -2.08. The summed E-state index contributed by atoms with van der Waals surface area (Å²) in [4.78, 5) is 0.0414. The standard InChI is InChI=1S/C14H10ClFN2O2S/c15-14-7-12(16)4-3-11(14)9-18-21(19,20)13-5-1-10(8-17)2-6-13/h1-7,18H,9H2. The molecular weight excluding hydrogens is 315 g/mol. The first-order valence-corrected chi connectivity index (χ1v) is 7.72. The van der Waals surface area contributed by atoms with Gasteiger partial charge in [-0.15, -0.1) is 0 Å². The Balaban J connectivity index is 2.15. The van der Waals surface area contributed by atoms with E-state index in [-0.39, 0.29) is 16.5 Å². The van der Waals surface area contributed by atoms with E-state index in [1.807, 2.05) is 6.07 Å². The fourth-order valence-electron chi connectivity index (χ4n) is 1.63. The molecule has 0 aromatic heterocycles. The van der Waals surface area contributed by atoms with Crippen molar-refractivity contribution >= 4 is 21.6 Å². The Kier molecular flexibility index (Phi) is 4.58. The monoisotopic (exact) mass is 324 g/mol. The highest BCUT2D eigenvalue weighted by molar-refractivity contribution is 7.89. The molecule has 0 spiro atoms. The van der Waals surface area contributed by atoms with Gasteiger partial charge in [0.2, 0.25) is 10.0 Å². The summed E-state index contributed by atoms with van der Waals surface area (Å²) in [6, 6.07) is 11.2. The summed E-state index contributed by atoms with van der Waals surface area (Å²) in [5, 5.41) is 8.83. The molecule has 108 valence electrons. The minimum absolute atomic E-state index is 0.0414. The van der Waals surface area contributed by atoms with Crippen LogP contribution in [0.4, 0.5) is 4.39 Å². The van der Waals surface area contributed by atoms with Gasteiger partial charge in [0.15, 0.2) is 0 Å². The molecule has 0 aliphatic carbocycles. The highest BCUT2D eigenvalue weighted by atomic mass is 35.5. The maximum atomic E-state index is 12.9. The summed E-state index contributed by atoms with van der Waals surface area (Å²) in [6.45, 7) is -0.0541. The lowest BCUT2D eigenvalue weighted by atomic mass is 10.2. The first-order chi connectivity index (χ1) is 9.92. The molecule has 0 saturated carbocycles. The fourth-order valence-corrected chi connectivity index (χ4v) is 2.87. The molecule has 7 heteroatoms. The van der Waals surface area contributed by atoms with Crippen molar-refractivity contribution in [1.29, 1.82) is 5.26 Å². The van der Waals surface area contributed by atoms with E-state index in [1.165, 1.54) is 36.4 Å². The Hall–Kier alpha value is -1.94. The topological polar surface area (TPSA) is 70.0 Å². The highest BCUT2D eigenvalue weighted by Gasteiger charge is 2.14. The van der Waals surface area contributed by atoms with Crippen LogP contribution in [0.15, 0.2) is 47.4 Å². The van der Waals surface area contributed by atoms with E-state index in [2.05, 4.69) is 4.72 Å². The van der Waals surface area contributed by atoms with E-state index in [4.69, 9.17) is 16.9 Å². The average Bonchev–Trinajstić information content (AvgIpc) is 2.46. The maximum Gasteiger partial charge on any atom is 0.240 e. The first kappa shape index (κ1) is 15.4. The molecule has 0 aliphatic rings. The summed E-state index contributed by atoms with van der Waals surface area (Å²) in [5.74, 6) is -0.487. The van der Waals surface area contributed by atoms with Crippen LogP contribution in [0.2, 0.25) is 5.02 Å². The van der Waals surface area contributed by atoms with Crippen LogP contribution >= 0.6 is 11.6 Å². The molecule has 0 heterocycles. The van der Waals surface area contributed by atoms with Crippen molar-refractivity contribution < 1.29 is 12.8 Å². The van der Waals surface area contributed by atoms with E-state index in [0.29, 0.717) is 11.1 Å². The lowest BCUT2D eigenvalue weighted by Crippen LogP contribution is -2.23. The Morgan fingerprint density at radius 1 is 1.19 bits per heavy atom. The van der Waals surface area contributed by atoms with Crippen molar-refractivity contribution in [3.8, 4) is 6.07 Å². The predicted molar refractivity (Wildman–Crippen MR) is 76.6 cm³/mol. The van der Waals surface area contributed by atoms with Gasteiger partial charge in [0.1, 0.15) is 5.82 Å². The quantitative estimate of drug-likeness (QED) is 0.940. The van der Waals surface area contributed by atoms with Crippen LogP contribution in [-0.4, -0.2) is 8.42 Å². The van der Waals surface area contributed by atoms with Crippen LogP contribution < -0.4 is 4.72 Å². The second-order valence-electron chi connectivity index (χ2n) is 4.20. The van der Waals surface area contributed by atoms with E-state index in [0.717, 1.165) is 6.07 Å². The zero-order valence-corrected chi connectivity index (χ0v) is 12.2. The highest BCUT2D eigenvalue weighted by Crippen LogP contribution is 2.18. The summed E-state index contributed by atoms with van der Waals surface area (Å²) in [6.07, 6.45) is 0.